The van der Waals surface area contributed by atoms with Crippen LogP contribution in [0.25, 0.3) is 0 Å². The van der Waals surface area contributed by atoms with E-state index in [9.17, 15) is 4.79 Å². The van der Waals surface area contributed by atoms with Crippen molar-refractivity contribution in [2.45, 2.75) is 18.9 Å². The third-order valence-corrected chi connectivity index (χ3v) is 4.47. The van der Waals surface area contributed by atoms with Gasteiger partial charge in [-0.15, -0.1) is 0 Å². The SMILES string of the molecule is Nc1ccc2n(c1=O)C[C@H]1C[C@@H]2CN(c2ncccn2)C1. The quantitative estimate of drug-likeness (QED) is 0.839. The van der Waals surface area contributed by atoms with E-state index < -0.39 is 0 Å². The van der Waals surface area contributed by atoms with E-state index in [-0.39, 0.29) is 5.56 Å². The third-order valence-electron chi connectivity index (χ3n) is 4.47. The molecule has 21 heavy (non-hydrogen) atoms. The van der Waals surface area contributed by atoms with E-state index in [1.165, 1.54) is 0 Å². The highest BCUT2D eigenvalue weighted by atomic mass is 16.1. The summed E-state index contributed by atoms with van der Waals surface area (Å²) in [6, 6.07) is 5.55. The molecule has 0 spiro atoms. The molecule has 1 saturated heterocycles. The van der Waals surface area contributed by atoms with Crippen LogP contribution in [0.5, 0.6) is 0 Å². The van der Waals surface area contributed by atoms with Gasteiger partial charge in [-0.2, -0.15) is 0 Å². The molecule has 4 rings (SSSR count). The zero-order valence-electron chi connectivity index (χ0n) is 11.6. The minimum Gasteiger partial charge on any atom is -0.394 e. The highest BCUT2D eigenvalue weighted by Crippen LogP contribution is 2.36. The first kappa shape index (κ1) is 12.4. The molecule has 0 unspecified atom stereocenters. The molecule has 0 aromatic carbocycles. The molecule has 6 heteroatoms. The summed E-state index contributed by atoms with van der Waals surface area (Å²) in [5.74, 6) is 1.56. The van der Waals surface area contributed by atoms with Crippen LogP contribution in [0.15, 0.2) is 35.4 Å². The van der Waals surface area contributed by atoms with Crippen molar-refractivity contribution in [3.63, 3.8) is 0 Å². The second kappa shape index (κ2) is 4.58. The fourth-order valence-electron chi connectivity index (χ4n) is 3.58. The summed E-state index contributed by atoms with van der Waals surface area (Å²) in [6.45, 7) is 2.48. The molecule has 0 aliphatic carbocycles. The number of hydrogen-bond acceptors (Lipinski definition) is 5. The van der Waals surface area contributed by atoms with Gasteiger partial charge in [-0.05, 0) is 30.5 Å². The lowest BCUT2D eigenvalue weighted by Gasteiger charge is -2.42. The Labute approximate surface area is 122 Å². The number of aromatic nitrogens is 3. The molecule has 2 aliphatic rings. The monoisotopic (exact) mass is 283 g/mol. The number of nitrogens with zero attached hydrogens (tertiary/aromatic N) is 4. The summed E-state index contributed by atoms with van der Waals surface area (Å²) >= 11 is 0. The summed E-state index contributed by atoms with van der Waals surface area (Å²) < 4.78 is 1.86. The molecule has 2 aliphatic heterocycles. The van der Waals surface area contributed by atoms with E-state index in [2.05, 4.69) is 14.9 Å². The van der Waals surface area contributed by atoms with Crippen LogP contribution in [-0.4, -0.2) is 27.6 Å². The number of pyridine rings is 1. The maximum absolute atomic E-state index is 12.2. The zero-order valence-corrected chi connectivity index (χ0v) is 11.6. The number of hydrogen-bond donors (Lipinski definition) is 1. The molecule has 4 heterocycles. The lowest BCUT2D eigenvalue weighted by Crippen LogP contribution is -2.47. The topological polar surface area (TPSA) is 77.0 Å². The summed E-state index contributed by atoms with van der Waals surface area (Å²) in [4.78, 5) is 23.1. The van der Waals surface area contributed by atoms with Gasteiger partial charge in [-0.3, -0.25) is 4.79 Å². The van der Waals surface area contributed by atoms with Crippen molar-refractivity contribution < 1.29 is 0 Å². The first-order valence-corrected chi connectivity index (χ1v) is 7.23. The van der Waals surface area contributed by atoms with E-state index in [1.54, 1.807) is 18.5 Å². The summed E-state index contributed by atoms with van der Waals surface area (Å²) in [5, 5.41) is 0. The molecular weight excluding hydrogens is 266 g/mol. The van der Waals surface area contributed by atoms with Gasteiger partial charge in [0.25, 0.3) is 5.56 Å². The highest BCUT2D eigenvalue weighted by molar-refractivity contribution is 5.39. The van der Waals surface area contributed by atoms with Crippen LogP contribution in [0.4, 0.5) is 11.6 Å². The van der Waals surface area contributed by atoms with Crippen LogP contribution < -0.4 is 16.2 Å². The molecule has 2 N–H and O–H groups in total. The first-order chi connectivity index (χ1) is 10.2. The van der Waals surface area contributed by atoms with E-state index in [0.717, 1.165) is 37.7 Å². The summed E-state index contributed by atoms with van der Waals surface area (Å²) in [6.07, 6.45) is 4.66. The lowest BCUT2D eigenvalue weighted by molar-refractivity contribution is 0.280. The molecule has 1 fully saturated rings. The van der Waals surface area contributed by atoms with Crippen LogP contribution >= 0.6 is 0 Å². The molecule has 6 nitrogen and oxygen atoms in total. The largest absolute Gasteiger partial charge is 0.394 e. The maximum Gasteiger partial charge on any atom is 0.273 e. The second-order valence-electron chi connectivity index (χ2n) is 5.88. The number of nitrogen functional groups attached to an aromatic ring is 1. The zero-order chi connectivity index (χ0) is 14.4. The van der Waals surface area contributed by atoms with Crippen LogP contribution in [-0.2, 0) is 6.54 Å². The Hall–Kier alpha value is -2.37. The summed E-state index contributed by atoms with van der Waals surface area (Å²) in [7, 11) is 0. The Morgan fingerprint density at radius 3 is 2.76 bits per heavy atom. The van der Waals surface area contributed by atoms with Gasteiger partial charge in [0.1, 0.15) is 0 Å². The molecule has 108 valence electrons. The van der Waals surface area contributed by atoms with Crippen molar-refractivity contribution in [1.29, 1.82) is 0 Å². The van der Waals surface area contributed by atoms with Crippen LogP contribution in [0.3, 0.4) is 0 Å². The van der Waals surface area contributed by atoms with Gasteiger partial charge in [0.2, 0.25) is 5.95 Å². The molecule has 2 aromatic heterocycles. The predicted molar refractivity (Wildman–Crippen MR) is 80.2 cm³/mol. The Bertz CT molecular complexity index is 727. The Balaban J connectivity index is 1.71. The van der Waals surface area contributed by atoms with Crippen molar-refractivity contribution in [1.82, 2.24) is 14.5 Å². The van der Waals surface area contributed by atoms with E-state index >= 15 is 0 Å². The van der Waals surface area contributed by atoms with Crippen molar-refractivity contribution in [3.8, 4) is 0 Å². The van der Waals surface area contributed by atoms with Gasteiger partial charge in [-0.1, -0.05) is 0 Å². The minimum atomic E-state index is -0.0494. The van der Waals surface area contributed by atoms with Crippen LogP contribution in [0.2, 0.25) is 0 Å². The Morgan fingerprint density at radius 1 is 1.14 bits per heavy atom. The maximum atomic E-state index is 12.2. The molecular formula is C15H17N5O. The molecule has 2 aromatic rings. The predicted octanol–water partition coefficient (Wildman–Crippen LogP) is 0.844. The number of piperidine rings is 1. The average Bonchev–Trinajstić information content (AvgIpc) is 2.52. The molecule has 0 saturated carbocycles. The third kappa shape index (κ3) is 1.98. The highest BCUT2D eigenvalue weighted by Gasteiger charge is 2.35. The van der Waals surface area contributed by atoms with Crippen LogP contribution in [0.1, 0.15) is 18.0 Å². The van der Waals surface area contributed by atoms with E-state index in [4.69, 9.17) is 5.73 Å². The standard InChI is InChI=1S/C15H17N5O/c16-12-2-3-13-11-6-10(8-20(13)14(12)21)7-19(9-11)15-17-4-1-5-18-15/h1-5,10-11H,6-9,16H2/t10-,11+/m0/s1. The first-order valence-electron chi connectivity index (χ1n) is 7.23. The van der Waals surface area contributed by atoms with E-state index in [1.807, 2.05) is 16.7 Å². The van der Waals surface area contributed by atoms with Gasteiger partial charge in [0.15, 0.2) is 0 Å². The number of anilines is 2. The number of rotatable bonds is 1. The molecule has 0 amide bonds. The molecule has 2 atom stereocenters. The van der Waals surface area contributed by atoms with Crippen molar-refractivity contribution in [2.75, 3.05) is 23.7 Å². The van der Waals surface area contributed by atoms with E-state index in [0.29, 0.717) is 17.5 Å². The smallest absolute Gasteiger partial charge is 0.273 e. The van der Waals surface area contributed by atoms with Crippen molar-refractivity contribution in [3.05, 3.63) is 46.6 Å². The van der Waals surface area contributed by atoms with Gasteiger partial charge < -0.3 is 15.2 Å². The molecule has 0 radical (unpaired) electrons. The lowest BCUT2D eigenvalue weighted by atomic mass is 9.83. The fraction of sp³-hybridized carbons (Fsp3) is 0.400. The normalized spacial score (nSPS) is 23.7. The average molecular weight is 283 g/mol. The van der Waals surface area contributed by atoms with Crippen molar-refractivity contribution in [2.24, 2.45) is 5.92 Å². The van der Waals surface area contributed by atoms with Gasteiger partial charge in [0, 0.05) is 43.6 Å². The van der Waals surface area contributed by atoms with Gasteiger partial charge in [0.05, 0.1) is 5.69 Å². The fourth-order valence-corrected chi connectivity index (χ4v) is 3.58. The van der Waals surface area contributed by atoms with Crippen LogP contribution in [0, 0.1) is 5.92 Å². The summed E-state index contributed by atoms with van der Waals surface area (Å²) in [5.41, 5.74) is 7.12. The second-order valence-corrected chi connectivity index (χ2v) is 5.88. The minimum absolute atomic E-state index is 0.0494. The molecule has 2 bridgehead atoms. The number of nitrogens with two attached hydrogens (primary N) is 1. The van der Waals surface area contributed by atoms with Gasteiger partial charge >= 0.3 is 0 Å². The Morgan fingerprint density at radius 2 is 1.95 bits per heavy atom. The Kier molecular flexibility index (Phi) is 2.70. The van der Waals surface area contributed by atoms with Crippen molar-refractivity contribution >= 4 is 11.6 Å². The van der Waals surface area contributed by atoms with Gasteiger partial charge in [-0.25, -0.2) is 9.97 Å². The number of fused-ring (bicyclic) bond motifs is 4.